The van der Waals surface area contributed by atoms with Gasteiger partial charge < -0.3 is 19.8 Å². The van der Waals surface area contributed by atoms with E-state index in [-0.39, 0.29) is 18.8 Å². The van der Waals surface area contributed by atoms with Gasteiger partial charge in [-0.05, 0) is 25.7 Å². The molecule has 2 N–H and O–H groups in total. The number of aliphatic hydroxyl groups is 2. The Morgan fingerprint density at radius 3 is 2.58 bits per heavy atom. The van der Waals surface area contributed by atoms with Crippen molar-refractivity contribution in [1.82, 2.24) is 9.97 Å². The number of ether oxygens (including phenoxy) is 1. The number of aliphatic hydroxyl groups excluding tert-OH is 2. The lowest BCUT2D eigenvalue weighted by Gasteiger charge is -2.31. The third-order valence-corrected chi connectivity index (χ3v) is 5.76. The molecule has 24 heavy (non-hydrogen) atoms. The molecule has 132 valence electrons. The minimum atomic E-state index is -0.213. The highest BCUT2D eigenvalue weighted by molar-refractivity contribution is 7.98. The summed E-state index contributed by atoms with van der Waals surface area (Å²) in [6, 6.07) is 0. The van der Waals surface area contributed by atoms with Crippen LogP contribution >= 0.6 is 23.1 Å². The number of hydrogen-bond acceptors (Lipinski definition) is 8. The number of rotatable bonds is 6. The first-order valence-corrected chi connectivity index (χ1v) is 10.00. The number of aromatic nitrogens is 2. The highest BCUT2D eigenvalue weighted by atomic mass is 32.2. The zero-order valence-corrected chi connectivity index (χ0v) is 15.8. The normalized spacial score (nSPS) is 16.4. The predicted octanol–water partition coefficient (Wildman–Crippen LogP) is 2.06. The molecule has 3 rings (SSSR count). The topological polar surface area (TPSA) is 78.7 Å². The molecule has 2 aromatic rings. The summed E-state index contributed by atoms with van der Waals surface area (Å²) in [6.07, 6.45) is 2.76. The highest BCUT2D eigenvalue weighted by Gasteiger charge is 2.31. The van der Waals surface area contributed by atoms with Crippen molar-refractivity contribution in [3.63, 3.8) is 0 Å². The molecule has 0 atom stereocenters. The van der Waals surface area contributed by atoms with Gasteiger partial charge in [0, 0.05) is 24.4 Å². The van der Waals surface area contributed by atoms with Crippen LogP contribution in [0.15, 0.2) is 5.16 Å². The predicted molar refractivity (Wildman–Crippen MR) is 98.2 cm³/mol. The summed E-state index contributed by atoms with van der Waals surface area (Å²) in [7, 11) is 0. The lowest BCUT2D eigenvalue weighted by atomic mass is 9.94. The Morgan fingerprint density at radius 2 is 1.96 bits per heavy atom. The van der Waals surface area contributed by atoms with E-state index in [0.29, 0.717) is 24.9 Å². The molecule has 2 aromatic heterocycles. The Bertz CT molecular complexity index is 727. The van der Waals surface area contributed by atoms with Gasteiger partial charge in [-0.25, -0.2) is 9.97 Å². The van der Waals surface area contributed by atoms with Crippen molar-refractivity contribution < 1.29 is 14.9 Å². The van der Waals surface area contributed by atoms with Gasteiger partial charge in [-0.1, -0.05) is 11.8 Å². The fraction of sp³-hybridized carbons (Fsp3) is 0.625. The van der Waals surface area contributed by atoms with Crippen LogP contribution in [0.2, 0.25) is 0 Å². The van der Waals surface area contributed by atoms with Crippen LogP contribution in [0.4, 0.5) is 5.82 Å². The number of anilines is 1. The molecule has 0 aromatic carbocycles. The summed E-state index contributed by atoms with van der Waals surface area (Å²) < 4.78 is 5.94. The third-order valence-electron chi connectivity index (χ3n) is 4.11. The Morgan fingerprint density at radius 1 is 1.25 bits per heavy atom. The van der Waals surface area contributed by atoms with E-state index in [9.17, 15) is 10.2 Å². The third kappa shape index (κ3) is 3.39. The first-order valence-electron chi connectivity index (χ1n) is 7.96. The van der Waals surface area contributed by atoms with Gasteiger partial charge in [0.1, 0.15) is 10.6 Å². The van der Waals surface area contributed by atoms with Gasteiger partial charge in [0.05, 0.1) is 30.8 Å². The molecular formula is C16H23N3O3S2. The molecule has 0 amide bonds. The number of thioether (sulfide) groups is 1. The number of nitrogens with zero attached hydrogens (tertiary/aromatic N) is 3. The van der Waals surface area contributed by atoms with E-state index in [1.54, 1.807) is 11.3 Å². The van der Waals surface area contributed by atoms with Crippen molar-refractivity contribution in [3.05, 3.63) is 10.4 Å². The van der Waals surface area contributed by atoms with Crippen LogP contribution in [0.3, 0.4) is 0 Å². The maximum Gasteiger partial charge on any atom is 0.190 e. The van der Waals surface area contributed by atoms with Crippen molar-refractivity contribution >= 4 is 39.1 Å². The average molecular weight is 370 g/mol. The standard InChI is InChI=1S/C16H23N3O3S2/c1-16(2)8-10-11(9-22-16)24-14-12(10)13(17-15(18-14)23-3)19(4-6-20)5-7-21/h20-21H,4-9H2,1-3H3. The molecule has 8 heteroatoms. The molecule has 0 saturated heterocycles. The SMILES string of the molecule is CSc1nc(N(CCO)CCO)c2c3c(sc2n1)COC(C)(C)C3. The summed E-state index contributed by atoms with van der Waals surface area (Å²) in [5.74, 6) is 0.808. The van der Waals surface area contributed by atoms with E-state index in [0.717, 1.165) is 22.5 Å². The number of thiophene rings is 1. The molecule has 3 heterocycles. The molecule has 0 saturated carbocycles. The molecule has 0 bridgehead atoms. The van der Waals surface area contributed by atoms with Crippen LogP contribution in [0.1, 0.15) is 24.3 Å². The zero-order valence-electron chi connectivity index (χ0n) is 14.2. The van der Waals surface area contributed by atoms with Gasteiger partial charge in [-0.15, -0.1) is 11.3 Å². The maximum absolute atomic E-state index is 9.41. The quantitative estimate of drug-likeness (QED) is 0.596. The summed E-state index contributed by atoms with van der Waals surface area (Å²) >= 11 is 3.16. The molecular weight excluding hydrogens is 346 g/mol. The molecule has 0 unspecified atom stereocenters. The van der Waals surface area contributed by atoms with Crippen molar-refractivity contribution in [2.24, 2.45) is 0 Å². The van der Waals surface area contributed by atoms with Crippen molar-refractivity contribution in [2.75, 3.05) is 37.5 Å². The Balaban J connectivity index is 2.20. The smallest absolute Gasteiger partial charge is 0.190 e. The number of fused-ring (bicyclic) bond motifs is 3. The monoisotopic (exact) mass is 369 g/mol. The Labute approximate surface area is 149 Å². The summed E-state index contributed by atoms with van der Waals surface area (Å²) in [5, 5.41) is 20.6. The van der Waals surface area contributed by atoms with Gasteiger partial charge >= 0.3 is 0 Å². The van der Waals surface area contributed by atoms with Crippen molar-refractivity contribution in [1.29, 1.82) is 0 Å². The van der Waals surface area contributed by atoms with Crippen LogP contribution in [0, 0.1) is 0 Å². The average Bonchev–Trinajstić information content (AvgIpc) is 2.90. The largest absolute Gasteiger partial charge is 0.395 e. The second-order valence-corrected chi connectivity index (χ2v) is 8.23. The minimum absolute atomic E-state index is 0.0149. The van der Waals surface area contributed by atoms with Gasteiger partial charge in [0.15, 0.2) is 5.16 Å². The van der Waals surface area contributed by atoms with Crippen LogP contribution < -0.4 is 4.90 Å². The van der Waals surface area contributed by atoms with E-state index >= 15 is 0 Å². The van der Waals surface area contributed by atoms with Crippen molar-refractivity contribution in [2.45, 2.75) is 37.6 Å². The number of hydrogen-bond donors (Lipinski definition) is 2. The molecule has 0 spiro atoms. The van der Waals surface area contributed by atoms with E-state index < -0.39 is 0 Å². The van der Waals surface area contributed by atoms with E-state index in [2.05, 4.69) is 18.8 Å². The zero-order chi connectivity index (χ0) is 17.3. The van der Waals surface area contributed by atoms with E-state index in [1.807, 2.05) is 11.2 Å². The van der Waals surface area contributed by atoms with Gasteiger partial charge in [0.25, 0.3) is 0 Å². The molecule has 0 fully saturated rings. The summed E-state index contributed by atoms with van der Waals surface area (Å²) in [5.41, 5.74) is 1.03. The van der Waals surface area contributed by atoms with Gasteiger partial charge in [-0.2, -0.15) is 0 Å². The maximum atomic E-state index is 9.41. The Kier molecular flexibility index (Phi) is 5.31. The van der Waals surface area contributed by atoms with Crippen molar-refractivity contribution in [3.8, 4) is 0 Å². The van der Waals surface area contributed by atoms with Gasteiger partial charge in [0.2, 0.25) is 0 Å². The first-order chi connectivity index (χ1) is 11.5. The first kappa shape index (κ1) is 17.9. The second kappa shape index (κ2) is 7.13. The van der Waals surface area contributed by atoms with E-state index in [1.165, 1.54) is 22.2 Å². The molecule has 0 radical (unpaired) electrons. The van der Waals surface area contributed by atoms with Gasteiger partial charge in [-0.3, -0.25) is 0 Å². The van der Waals surface area contributed by atoms with Crippen LogP contribution in [0.25, 0.3) is 10.2 Å². The molecule has 1 aliphatic rings. The lowest BCUT2D eigenvalue weighted by Crippen LogP contribution is -2.32. The fourth-order valence-electron chi connectivity index (χ4n) is 2.99. The molecule has 1 aliphatic heterocycles. The summed E-state index contributed by atoms with van der Waals surface area (Å²) in [4.78, 5) is 13.5. The van der Waals surface area contributed by atoms with Crippen LogP contribution in [-0.4, -0.2) is 58.3 Å². The summed E-state index contributed by atoms with van der Waals surface area (Å²) in [6.45, 7) is 5.68. The van der Waals surface area contributed by atoms with Crippen LogP contribution in [0.5, 0.6) is 0 Å². The lowest BCUT2D eigenvalue weighted by molar-refractivity contribution is -0.0379. The fourth-order valence-corrected chi connectivity index (χ4v) is 4.51. The molecule has 0 aliphatic carbocycles. The molecule has 6 nitrogen and oxygen atoms in total. The second-order valence-electron chi connectivity index (χ2n) is 6.38. The van der Waals surface area contributed by atoms with E-state index in [4.69, 9.17) is 9.72 Å². The Hall–Kier alpha value is -0.930. The van der Waals surface area contributed by atoms with Crippen LogP contribution in [-0.2, 0) is 17.8 Å². The highest BCUT2D eigenvalue weighted by Crippen LogP contribution is 2.42. The minimum Gasteiger partial charge on any atom is -0.395 e.